The van der Waals surface area contributed by atoms with E-state index in [-0.39, 0.29) is 5.91 Å². The summed E-state index contributed by atoms with van der Waals surface area (Å²) >= 11 is 5.89. The van der Waals surface area contributed by atoms with Crippen LogP contribution in [-0.2, 0) is 30.6 Å². The average molecular weight is 395 g/mol. The second-order valence-corrected chi connectivity index (χ2v) is 7.51. The molecular formula is C22H23ClN4O. The van der Waals surface area contributed by atoms with Gasteiger partial charge in [-0.2, -0.15) is 5.10 Å². The molecule has 2 heterocycles. The number of nitrogens with zero attached hydrogens (tertiary/aromatic N) is 3. The number of pyridine rings is 1. The van der Waals surface area contributed by atoms with Crippen LogP contribution in [0.2, 0.25) is 5.02 Å². The number of carbonyl (C=O) groups excluding carboxylic acids is 1. The molecule has 6 heteroatoms. The fourth-order valence-corrected chi connectivity index (χ4v) is 3.84. The first-order valence-electron chi connectivity index (χ1n) is 9.72. The molecule has 0 aliphatic heterocycles. The molecule has 1 N–H and O–H groups in total. The van der Waals surface area contributed by atoms with Crippen LogP contribution in [0.15, 0.2) is 48.7 Å². The number of carbonyl (C=O) groups is 1. The molecule has 1 aliphatic carbocycles. The van der Waals surface area contributed by atoms with E-state index in [0.717, 1.165) is 29.8 Å². The Bertz CT molecular complexity index is 951. The monoisotopic (exact) mass is 394 g/mol. The highest BCUT2D eigenvalue weighted by molar-refractivity contribution is 6.30. The summed E-state index contributed by atoms with van der Waals surface area (Å²) in [4.78, 5) is 16.7. The molecule has 4 rings (SSSR count). The highest BCUT2D eigenvalue weighted by atomic mass is 35.5. The lowest BCUT2D eigenvalue weighted by Gasteiger charge is -2.14. The number of hydrogen-bond acceptors (Lipinski definition) is 3. The Balaban J connectivity index is 1.41. The third-order valence-electron chi connectivity index (χ3n) is 5.09. The van der Waals surface area contributed by atoms with E-state index in [4.69, 9.17) is 16.7 Å². The van der Waals surface area contributed by atoms with Crippen molar-refractivity contribution in [3.8, 4) is 11.4 Å². The van der Waals surface area contributed by atoms with E-state index in [1.54, 1.807) is 18.3 Å². The first kappa shape index (κ1) is 18.7. The van der Waals surface area contributed by atoms with Gasteiger partial charge in [0.1, 0.15) is 5.69 Å². The molecule has 0 spiro atoms. The molecule has 0 bridgehead atoms. The van der Waals surface area contributed by atoms with Crippen LogP contribution in [0.5, 0.6) is 0 Å². The number of nitrogens with one attached hydrogen (secondary N) is 1. The lowest BCUT2D eigenvalue weighted by molar-refractivity contribution is -0.120. The maximum absolute atomic E-state index is 12.2. The number of rotatable bonds is 6. The highest BCUT2D eigenvalue weighted by Crippen LogP contribution is 2.30. The van der Waals surface area contributed by atoms with Gasteiger partial charge in [0.2, 0.25) is 5.91 Å². The molecule has 1 aliphatic rings. The Labute approximate surface area is 169 Å². The maximum atomic E-state index is 12.2. The summed E-state index contributed by atoms with van der Waals surface area (Å²) in [6, 6.07) is 13.3. The van der Waals surface area contributed by atoms with Crippen molar-refractivity contribution in [1.82, 2.24) is 20.1 Å². The molecule has 0 fully saturated rings. The molecular weight excluding hydrogens is 372 g/mol. The van der Waals surface area contributed by atoms with E-state index in [2.05, 4.69) is 15.0 Å². The highest BCUT2D eigenvalue weighted by Gasteiger charge is 2.22. The van der Waals surface area contributed by atoms with Gasteiger partial charge in [0.05, 0.1) is 18.7 Å². The molecule has 1 amide bonds. The molecule has 0 radical (unpaired) electrons. The number of benzene rings is 1. The Morgan fingerprint density at radius 3 is 2.71 bits per heavy atom. The van der Waals surface area contributed by atoms with E-state index >= 15 is 0 Å². The lowest BCUT2D eigenvalue weighted by Crippen LogP contribution is -2.29. The minimum Gasteiger partial charge on any atom is -0.354 e. The van der Waals surface area contributed by atoms with Gasteiger partial charge in [-0.05, 0) is 55.5 Å². The number of halogens is 1. The Morgan fingerprint density at radius 1 is 1.11 bits per heavy atom. The van der Waals surface area contributed by atoms with Crippen molar-refractivity contribution in [3.63, 3.8) is 0 Å². The van der Waals surface area contributed by atoms with Gasteiger partial charge in [0.25, 0.3) is 0 Å². The fraction of sp³-hybridized carbons (Fsp3) is 0.318. The van der Waals surface area contributed by atoms with Gasteiger partial charge >= 0.3 is 0 Å². The zero-order chi connectivity index (χ0) is 19.3. The van der Waals surface area contributed by atoms with Crippen LogP contribution in [0.4, 0.5) is 0 Å². The Kier molecular flexibility index (Phi) is 5.72. The van der Waals surface area contributed by atoms with Crippen molar-refractivity contribution in [2.75, 3.05) is 6.54 Å². The topological polar surface area (TPSA) is 59.8 Å². The van der Waals surface area contributed by atoms with Crippen LogP contribution in [-0.4, -0.2) is 27.2 Å². The third kappa shape index (κ3) is 4.25. The zero-order valence-corrected chi connectivity index (χ0v) is 16.5. The van der Waals surface area contributed by atoms with Crippen molar-refractivity contribution in [3.05, 3.63) is 70.5 Å². The molecule has 0 atom stereocenters. The van der Waals surface area contributed by atoms with Crippen LogP contribution < -0.4 is 5.32 Å². The second kappa shape index (κ2) is 8.57. The van der Waals surface area contributed by atoms with E-state index in [1.165, 1.54) is 24.1 Å². The average Bonchev–Trinajstić information content (AvgIpc) is 3.09. The Morgan fingerprint density at radius 2 is 1.93 bits per heavy atom. The molecule has 5 nitrogen and oxygen atoms in total. The molecule has 3 aromatic rings. The van der Waals surface area contributed by atoms with Gasteiger partial charge in [-0.25, -0.2) is 0 Å². The lowest BCUT2D eigenvalue weighted by atomic mass is 9.95. The van der Waals surface area contributed by atoms with Crippen LogP contribution in [0.1, 0.15) is 29.7 Å². The van der Waals surface area contributed by atoms with Crippen molar-refractivity contribution in [2.45, 2.75) is 38.6 Å². The summed E-state index contributed by atoms with van der Waals surface area (Å²) in [5, 5.41) is 8.52. The van der Waals surface area contributed by atoms with Gasteiger partial charge in [0.15, 0.2) is 0 Å². The van der Waals surface area contributed by atoms with Gasteiger partial charge in [-0.3, -0.25) is 14.5 Å². The molecule has 144 valence electrons. The predicted octanol–water partition coefficient (Wildman–Crippen LogP) is 3.84. The third-order valence-corrected chi connectivity index (χ3v) is 5.34. The van der Waals surface area contributed by atoms with E-state index in [9.17, 15) is 4.79 Å². The van der Waals surface area contributed by atoms with Crippen molar-refractivity contribution < 1.29 is 4.79 Å². The van der Waals surface area contributed by atoms with Gasteiger partial charge in [-0.1, -0.05) is 29.8 Å². The summed E-state index contributed by atoms with van der Waals surface area (Å²) in [6.45, 7) is 1.23. The smallest absolute Gasteiger partial charge is 0.224 e. The number of fused-ring (bicyclic) bond motifs is 1. The number of amides is 1. The van der Waals surface area contributed by atoms with E-state index in [1.807, 2.05) is 30.3 Å². The van der Waals surface area contributed by atoms with Gasteiger partial charge < -0.3 is 5.32 Å². The van der Waals surface area contributed by atoms with E-state index < -0.39 is 0 Å². The second-order valence-electron chi connectivity index (χ2n) is 7.07. The molecule has 0 saturated heterocycles. The van der Waals surface area contributed by atoms with Crippen molar-refractivity contribution in [1.29, 1.82) is 0 Å². The van der Waals surface area contributed by atoms with Crippen LogP contribution in [0.3, 0.4) is 0 Å². The zero-order valence-electron chi connectivity index (χ0n) is 15.7. The van der Waals surface area contributed by atoms with Crippen molar-refractivity contribution >= 4 is 17.5 Å². The minimum atomic E-state index is 0.00768. The van der Waals surface area contributed by atoms with Crippen LogP contribution >= 0.6 is 11.6 Å². The standard InChI is InChI=1S/C22H23ClN4O/c23-17-10-8-16(9-11-17)15-21(28)25-13-14-27-20-7-2-1-5-18(20)22(26-27)19-6-3-4-12-24-19/h3-4,6,8-12H,1-2,5,7,13-15H2,(H,25,28). The first-order chi connectivity index (χ1) is 13.7. The summed E-state index contributed by atoms with van der Waals surface area (Å²) in [7, 11) is 0. The quantitative estimate of drug-likeness (QED) is 0.691. The summed E-state index contributed by atoms with van der Waals surface area (Å²) < 4.78 is 2.06. The summed E-state index contributed by atoms with van der Waals surface area (Å²) in [6.07, 6.45) is 6.62. The molecule has 1 aromatic carbocycles. The number of hydrogen-bond donors (Lipinski definition) is 1. The molecule has 2 aromatic heterocycles. The summed E-state index contributed by atoms with van der Waals surface area (Å²) in [5.74, 6) is 0.00768. The van der Waals surface area contributed by atoms with Gasteiger partial charge in [0, 0.05) is 29.0 Å². The first-order valence-corrected chi connectivity index (χ1v) is 10.1. The maximum Gasteiger partial charge on any atom is 0.224 e. The Hall–Kier alpha value is -2.66. The minimum absolute atomic E-state index is 0.00768. The van der Waals surface area contributed by atoms with Gasteiger partial charge in [-0.15, -0.1) is 0 Å². The van der Waals surface area contributed by atoms with E-state index in [0.29, 0.717) is 24.5 Å². The fourth-order valence-electron chi connectivity index (χ4n) is 3.72. The molecule has 0 saturated carbocycles. The summed E-state index contributed by atoms with van der Waals surface area (Å²) in [5.41, 5.74) is 5.47. The molecule has 28 heavy (non-hydrogen) atoms. The SMILES string of the molecule is O=C(Cc1ccc(Cl)cc1)NCCn1nc(-c2ccccn2)c2c1CCCC2. The number of aromatic nitrogens is 3. The normalized spacial score (nSPS) is 13.2. The van der Waals surface area contributed by atoms with Crippen molar-refractivity contribution in [2.24, 2.45) is 0 Å². The predicted molar refractivity (Wildman–Crippen MR) is 110 cm³/mol. The van der Waals surface area contributed by atoms with Crippen LogP contribution in [0, 0.1) is 0 Å². The molecule has 0 unspecified atom stereocenters. The van der Waals surface area contributed by atoms with Crippen LogP contribution in [0.25, 0.3) is 11.4 Å². The largest absolute Gasteiger partial charge is 0.354 e.